The summed E-state index contributed by atoms with van der Waals surface area (Å²) in [5.41, 5.74) is 1.56. The zero-order valence-electron chi connectivity index (χ0n) is 12.8. The van der Waals surface area contributed by atoms with Crippen molar-refractivity contribution in [1.29, 1.82) is 0 Å². The van der Waals surface area contributed by atoms with Gasteiger partial charge in [-0.05, 0) is 48.7 Å². The molecule has 0 atom stereocenters. The Bertz CT molecular complexity index is 609. The number of hydrogen-bond acceptors (Lipinski definition) is 3. The maximum atomic E-state index is 12.1. The van der Waals surface area contributed by atoms with Crippen LogP contribution in [0.3, 0.4) is 0 Å². The summed E-state index contributed by atoms with van der Waals surface area (Å²) in [4.78, 5) is 16.3. The molecule has 0 unspecified atom stereocenters. The standard InChI is InChI=1S/C17H20BrN3O/c1-12(2)9-10-19-15-7-8-16(20-11-15)21-17(22)13-3-5-14(18)6-4-13/h3-8,11-12,19H,9-10H2,1-2H3,(H,20,21,22). The lowest BCUT2D eigenvalue weighted by Crippen LogP contribution is -2.13. The second kappa shape index (κ2) is 7.94. The second-order valence-electron chi connectivity index (χ2n) is 5.50. The molecular weight excluding hydrogens is 342 g/mol. The molecule has 0 radical (unpaired) electrons. The maximum Gasteiger partial charge on any atom is 0.256 e. The molecule has 22 heavy (non-hydrogen) atoms. The van der Waals surface area contributed by atoms with Gasteiger partial charge in [-0.2, -0.15) is 0 Å². The predicted molar refractivity (Wildman–Crippen MR) is 94.3 cm³/mol. The van der Waals surface area contributed by atoms with Crippen molar-refractivity contribution in [2.45, 2.75) is 20.3 Å². The number of aromatic nitrogens is 1. The van der Waals surface area contributed by atoms with Gasteiger partial charge in [0, 0.05) is 16.6 Å². The van der Waals surface area contributed by atoms with E-state index in [0.717, 1.165) is 23.1 Å². The first kappa shape index (κ1) is 16.5. The lowest BCUT2D eigenvalue weighted by Gasteiger charge is -2.09. The van der Waals surface area contributed by atoms with Crippen molar-refractivity contribution in [2.75, 3.05) is 17.2 Å². The van der Waals surface area contributed by atoms with Crippen LogP contribution in [0.25, 0.3) is 0 Å². The van der Waals surface area contributed by atoms with E-state index in [0.29, 0.717) is 17.3 Å². The number of benzene rings is 1. The number of nitrogens with zero attached hydrogens (tertiary/aromatic N) is 1. The molecule has 0 bridgehead atoms. The minimum absolute atomic E-state index is 0.166. The van der Waals surface area contributed by atoms with Gasteiger partial charge < -0.3 is 10.6 Å². The minimum Gasteiger partial charge on any atom is -0.384 e. The Kier molecular flexibility index (Phi) is 5.95. The Labute approximate surface area is 139 Å². The molecule has 2 aromatic rings. The average Bonchev–Trinajstić information content (AvgIpc) is 2.49. The van der Waals surface area contributed by atoms with Gasteiger partial charge >= 0.3 is 0 Å². The van der Waals surface area contributed by atoms with Gasteiger partial charge in [0.2, 0.25) is 0 Å². The van der Waals surface area contributed by atoms with E-state index in [1.807, 2.05) is 18.2 Å². The third kappa shape index (κ3) is 5.15. The highest BCUT2D eigenvalue weighted by Crippen LogP contribution is 2.14. The number of halogens is 1. The smallest absolute Gasteiger partial charge is 0.256 e. The quantitative estimate of drug-likeness (QED) is 0.792. The molecule has 4 nitrogen and oxygen atoms in total. The van der Waals surface area contributed by atoms with Crippen LogP contribution in [0.15, 0.2) is 47.1 Å². The number of pyridine rings is 1. The summed E-state index contributed by atoms with van der Waals surface area (Å²) in [6.45, 7) is 5.31. The first-order valence-corrected chi connectivity index (χ1v) is 8.11. The van der Waals surface area contributed by atoms with Gasteiger partial charge in [0.1, 0.15) is 5.82 Å². The van der Waals surface area contributed by atoms with Gasteiger partial charge in [0.05, 0.1) is 11.9 Å². The van der Waals surface area contributed by atoms with E-state index >= 15 is 0 Å². The SMILES string of the molecule is CC(C)CCNc1ccc(NC(=O)c2ccc(Br)cc2)nc1. The van der Waals surface area contributed by atoms with Crippen molar-refractivity contribution in [3.8, 4) is 0 Å². The monoisotopic (exact) mass is 361 g/mol. The van der Waals surface area contributed by atoms with Crippen LogP contribution in [0, 0.1) is 5.92 Å². The molecule has 0 aliphatic heterocycles. The number of hydrogen-bond donors (Lipinski definition) is 2. The Morgan fingerprint density at radius 1 is 1.18 bits per heavy atom. The fraction of sp³-hybridized carbons (Fsp3) is 0.294. The molecule has 2 rings (SSSR count). The van der Waals surface area contributed by atoms with Crippen LogP contribution < -0.4 is 10.6 Å². The molecule has 1 aromatic heterocycles. The molecule has 0 fully saturated rings. The van der Waals surface area contributed by atoms with E-state index in [4.69, 9.17) is 0 Å². The number of carbonyl (C=O) groups excluding carboxylic acids is 1. The Hall–Kier alpha value is -1.88. The fourth-order valence-corrected chi connectivity index (χ4v) is 2.13. The Morgan fingerprint density at radius 3 is 2.50 bits per heavy atom. The molecule has 1 heterocycles. The zero-order valence-corrected chi connectivity index (χ0v) is 14.4. The number of nitrogens with one attached hydrogen (secondary N) is 2. The van der Waals surface area contributed by atoms with Crippen LogP contribution in [0.5, 0.6) is 0 Å². The molecule has 116 valence electrons. The van der Waals surface area contributed by atoms with Gasteiger partial charge in [0.25, 0.3) is 5.91 Å². The summed E-state index contributed by atoms with van der Waals surface area (Å²) in [5.74, 6) is 1.05. The largest absolute Gasteiger partial charge is 0.384 e. The minimum atomic E-state index is -0.166. The van der Waals surface area contributed by atoms with Crippen molar-refractivity contribution < 1.29 is 4.79 Å². The molecular formula is C17H20BrN3O. The van der Waals surface area contributed by atoms with Crippen LogP contribution in [0.1, 0.15) is 30.6 Å². The summed E-state index contributed by atoms with van der Waals surface area (Å²) >= 11 is 3.35. The normalized spacial score (nSPS) is 10.5. The summed E-state index contributed by atoms with van der Waals surface area (Å²) in [7, 11) is 0. The molecule has 0 spiro atoms. The highest BCUT2D eigenvalue weighted by molar-refractivity contribution is 9.10. The number of carbonyl (C=O) groups is 1. The molecule has 0 saturated heterocycles. The first-order chi connectivity index (χ1) is 10.5. The van der Waals surface area contributed by atoms with Crippen molar-refractivity contribution in [3.05, 3.63) is 52.6 Å². The van der Waals surface area contributed by atoms with Crippen LogP contribution >= 0.6 is 15.9 Å². The molecule has 0 aliphatic rings. The molecule has 5 heteroatoms. The molecule has 0 aliphatic carbocycles. The van der Waals surface area contributed by atoms with E-state index < -0.39 is 0 Å². The molecule has 1 aromatic carbocycles. The van der Waals surface area contributed by atoms with Gasteiger partial charge in [-0.15, -0.1) is 0 Å². The van der Waals surface area contributed by atoms with Crippen molar-refractivity contribution in [3.63, 3.8) is 0 Å². The van der Waals surface area contributed by atoms with Gasteiger partial charge in [-0.25, -0.2) is 4.98 Å². The van der Waals surface area contributed by atoms with Gasteiger partial charge in [-0.1, -0.05) is 29.8 Å². The fourth-order valence-electron chi connectivity index (χ4n) is 1.87. The van der Waals surface area contributed by atoms with Crippen LogP contribution in [0.4, 0.5) is 11.5 Å². The lowest BCUT2D eigenvalue weighted by molar-refractivity contribution is 0.102. The van der Waals surface area contributed by atoms with E-state index in [9.17, 15) is 4.79 Å². The van der Waals surface area contributed by atoms with E-state index in [1.54, 1.807) is 24.4 Å². The first-order valence-electron chi connectivity index (χ1n) is 7.31. The van der Waals surface area contributed by atoms with E-state index in [-0.39, 0.29) is 5.91 Å². The number of amides is 1. The lowest BCUT2D eigenvalue weighted by atomic mass is 10.1. The van der Waals surface area contributed by atoms with Crippen LogP contribution in [-0.4, -0.2) is 17.4 Å². The third-order valence-corrected chi connectivity index (χ3v) is 3.69. The average molecular weight is 362 g/mol. The summed E-state index contributed by atoms with van der Waals surface area (Å²) in [6, 6.07) is 10.9. The predicted octanol–water partition coefficient (Wildman–Crippen LogP) is 4.55. The number of anilines is 2. The summed E-state index contributed by atoms with van der Waals surface area (Å²) < 4.78 is 0.944. The molecule has 1 amide bonds. The van der Waals surface area contributed by atoms with E-state index in [1.165, 1.54) is 0 Å². The molecule has 0 saturated carbocycles. The second-order valence-corrected chi connectivity index (χ2v) is 6.42. The Balaban J connectivity index is 1.90. The van der Waals surface area contributed by atoms with Crippen LogP contribution in [0.2, 0.25) is 0 Å². The number of rotatable bonds is 6. The van der Waals surface area contributed by atoms with Crippen LogP contribution in [-0.2, 0) is 0 Å². The summed E-state index contributed by atoms with van der Waals surface area (Å²) in [5, 5.41) is 6.10. The zero-order chi connectivity index (χ0) is 15.9. The topological polar surface area (TPSA) is 54.0 Å². The summed E-state index contributed by atoms with van der Waals surface area (Å²) in [6.07, 6.45) is 2.85. The van der Waals surface area contributed by atoms with E-state index in [2.05, 4.69) is 45.4 Å². The van der Waals surface area contributed by atoms with Crippen molar-refractivity contribution in [1.82, 2.24) is 4.98 Å². The highest BCUT2D eigenvalue weighted by Gasteiger charge is 2.06. The Morgan fingerprint density at radius 2 is 1.91 bits per heavy atom. The molecule has 2 N–H and O–H groups in total. The highest BCUT2D eigenvalue weighted by atomic mass is 79.9. The van der Waals surface area contributed by atoms with Crippen molar-refractivity contribution >= 4 is 33.3 Å². The van der Waals surface area contributed by atoms with Gasteiger partial charge in [0.15, 0.2) is 0 Å². The maximum absolute atomic E-state index is 12.1. The van der Waals surface area contributed by atoms with Crippen molar-refractivity contribution in [2.24, 2.45) is 5.92 Å². The van der Waals surface area contributed by atoms with Gasteiger partial charge in [-0.3, -0.25) is 4.79 Å². The third-order valence-electron chi connectivity index (χ3n) is 3.16.